The summed E-state index contributed by atoms with van der Waals surface area (Å²) >= 11 is 6.11. The predicted molar refractivity (Wildman–Crippen MR) is 89.4 cm³/mol. The summed E-state index contributed by atoms with van der Waals surface area (Å²) in [4.78, 5) is 2.46. The zero-order valence-electron chi connectivity index (χ0n) is 13.5. The fourth-order valence-electron chi connectivity index (χ4n) is 2.57. The molecule has 0 saturated carbocycles. The van der Waals surface area contributed by atoms with Crippen LogP contribution in [-0.4, -0.2) is 31.1 Å². The third-order valence-electron chi connectivity index (χ3n) is 4.01. The van der Waals surface area contributed by atoms with Crippen molar-refractivity contribution in [2.45, 2.75) is 46.2 Å². The lowest BCUT2D eigenvalue weighted by molar-refractivity contribution is 0.142. The molecule has 0 heterocycles. The van der Waals surface area contributed by atoms with Crippen molar-refractivity contribution in [3.05, 3.63) is 34.9 Å². The van der Waals surface area contributed by atoms with E-state index in [-0.39, 0.29) is 0 Å². The Balaban J connectivity index is 2.75. The Labute approximate surface area is 129 Å². The molecule has 0 saturated heterocycles. The van der Waals surface area contributed by atoms with E-state index in [4.69, 9.17) is 11.6 Å². The van der Waals surface area contributed by atoms with Gasteiger partial charge in [0.15, 0.2) is 0 Å². The molecule has 1 rings (SSSR count). The molecule has 1 N–H and O–H groups in total. The van der Waals surface area contributed by atoms with E-state index in [1.165, 1.54) is 12.0 Å². The van der Waals surface area contributed by atoms with Crippen LogP contribution in [0, 0.1) is 5.92 Å². The summed E-state index contributed by atoms with van der Waals surface area (Å²) in [5.74, 6) is 0.617. The summed E-state index contributed by atoms with van der Waals surface area (Å²) in [5, 5.41) is 4.36. The van der Waals surface area contributed by atoms with Gasteiger partial charge < -0.3 is 5.32 Å². The Bertz CT molecular complexity index is 392. The molecule has 2 nitrogen and oxygen atoms in total. The molecular weight excluding hydrogens is 268 g/mol. The lowest BCUT2D eigenvalue weighted by Gasteiger charge is -2.36. The zero-order chi connectivity index (χ0) is 15.1. The number of benzene rings is 1. The number of hydrogen-bond donors (Lipinski definition) is 1. The van der Waals surface area contributed by atoms with Gasteiger partial charge in [0.05, 0.1) is 0 Å². The molecule has 0 amide bonds. The van der Waals surface area contributed by atoms with Crippen LogP contribution in [0.15, 0.2) is 24.3 Å². The molecule has 0 radical (unpaired) electrons. The molecule has 0 aliphatic rings. The summed E-state index contributed by atoms with van der Waals surface area (Å²) in [5.41, 5.74) is 1.28. The van der Waals surface area contributed by atoms with Crippen LogP contribution in [0.4, 0.5) is 0 Å². The van der Waals surface area contributed by atoms with Crippen molar-refractivity contribution in [1.82, 2.24) is 10.2 Å². The van der Waals surface area contributed by atoms with E-state index in [2.05, 4.69) is 57.1 Å². The third kappa shape index (κ3) is 5.08. The fourth-order valence-corrected chi connectivity index (χ4v) is 2.76. The largest absolute Gasteiger partial charge is 0.315 e. The van der Waals surface area contributed by atoms with Gasteiger partial charge in [0, 0.05) is 23.7 Å². The SMILES string of the molecule is CCCNCC(C(C)C)N(C)C(C)c1cccc(Cl)c1. The van der Waals surface area contributed by atoms with Crippen LogP contribution in [0.3, 0.4) is 0 Å². The zero-order valence-corrected chi connectivity index (χ0v) is 14.2. The van der Waals surface area contributed by atoms with E-state index >= 15 is 0 Å². The average molecular weight is 297 g/mol. The molecule has 1 aromatic rings. The molecular formula is C17H29ClN2. The number of halogens is 1. The summed E-state index contributed by atoms with van der Waals surface area (Å²) in [6.45, 7) is 11.2. The molecule has 0 aliphatic heterocycles. The quantitative estimate of drug-likeness (QED) is 0.717. The van der Waals surface area contributed by atoms with E-state index < -0.39 is 0 Å². The standard InChI is InChI=1S/C17H29ClN2/c1-6-10-19-12-17(13(2)3)20(5)14(4)15-8-7-9-16(18)11-15/h7-9,11,13-14,17,19H,6,10,12H2,1-5H3. The highest BCUT2D eigenvalue weighted by Gasteiger charge is 2.23. The Hall–Kier alpha value is -0.570. The van der Waals surface area contributed by atoms with E-state index in [0.29, 0.717) is 18.0 Å². The molecule has 0 bridgehead atoms. The third-order valence-corrected chi connectivity index (χ3v) is 4.25. The first-order valence-corrected chi connectivity index (χ1v) is 8.03. The van der Waals surface area contributed by atoms with Gasteiger partial charge in [-0.3, -0.25) is 4.90 Å². The van der Waals surface area contributed by atoms with Gasteiger partial charge in [0.2, 0.25) is 0 Å². The van der Waals surface area contributed by atoms with Crippen LogP contribution in [0.25, 0.3) is 0 Å². The van der Waals surface area contributed by atoms with Crippen molar-refractivity contribution in [2.75, 3.05) is 20.1 Å². The summed E-state index contributed by atoms with van der Waals surface area (Å²) < 4.78 is 0. The van der Waals surface area contributed by atoms with Gasteiger partial charge in [0.25, 0.3) is 0 Å². The molecule has 0 spiro atoms. The van der Waals surface area contributed by atoms with E-state index in [1.54, 1.807) is 0 Å². The molecule has 114 valence electrons. The minimum Gasteiger partial charge on any atom is -0.315 e. The predicted octanol–water partition coefficient (Wildman–Crippen LogP) is 4.36. The molecule has 1 aromatic carbocycles. The second-order valence-electron chi connectivity index (χ2n) is 5.91. The van der Waals surface area contributed by atoms with Gasteiger partial charge in [-0.05, 0) is 50.6 Å². The average Bonchev–Trinajstić information content (AvgIpc) is 2.41. The van der Waals surface area contributed by atoms with Gasteiger partial charge >= 0.3 is 0 Å². The highest BCUT2D eigenvalue weighted by atomic mass is 35.5. The first kappa shape index (κ1) is 17.5. The number of likely N-dealkylation sites (N-methyl/N-ethyl adjacent to an activating group) is 1. The van der Waals surface area contributed by atoms with Crippen LogP contribution < -0.4 is 5.32 Å². The van der Waals surface area contributed by atoms with Gasteiger partial charge in [0.1, 0.15) is 0 Å². The summed E-state index contributed by atoms with van der Waals surface area (Å²) in [6.07, 6.45) is 1.18. The Morgan fingerprint density at radius 2 is 1.95 bits per heavy atom. The van der Waals surface area contributed by atoms with Crippen LogP contribution in [0.5, 0.6) is 0 Å². The smallest absolute Gasteiger partial charge is 0.0409 e. The van der Waals surface area contributed by atoms with E-state index in [0.717, 1.165) is 18.1 Å². The van der Waals surface area contributed by atoms with Gasteiger partial charge in [-0.2, -0.15) is 0 Å². The number of nitrogens with zero attached hydrogens (tertiary/aromatic N) is 1. The lowest BCUT2D eigenvalue weighted by Crippen LogP contribution is -2.44. The van der Waals surface area contributed by atoms with Crippen molar-refractivity contribution in [3.8, 4) is 0 Å². The Kier molecular flexibility index (Phi) is 7.57. The maximum Gasteiger partial charge on any atom is 0.0409 e. The van der Waals surface area contributed by atoms with E-state index in [9.17, 15) is 0 Å². The van der Waals surface area contributed by atoms with E-state index in [1.807, 2.05) is 12.1 Å². The first-order valence-electron chi connectivity index (χ1n) is 7.65. The van der Waals surface area contributed by atoms with Crippen LogP contribution in [0.2, 0.25) is 5.02 Å². The Morgan fingerprint density at radius 3 is 2.50 bits per heavy atom. The highest BCUT2D eigenvalue weighted by Crippen LogP contribution is 2.25. The minimum absolute atomic E-state index is 0.365. The fraction of sp³-hybridized carbons (Fsp3) is 0.647. The Morgan fingerprint density at radius 1 is 1.25 bits per heavy atom. The van der Waals surface area contributed by atoms with Gasteiger partial charge in [-0.1, -0.05) is 44.5 Å². The first-order chi connectivity index (χ1) is 9.47. The van der Waals surface area contributed by atoms with Crippen LogP contribution >= 0.6 is 11.6 Å². The lowest BCUT2D eigenvalue weighted by atomic mass is 9.98. The number of hydrogen-bond acceptors (Lipinski definition) is 2. The highest BCUT2D eigenvalue weighted by molar-refractivity contribution is 6.30. The molecule has 2 unspecified atom stereocenters. The van der Waals surface area contributed by atoms with Gasteiger partial charge in [-0.25, -0.2) is 0 Å². The molecule has 3 heteroatoms. The van der Waals surface area contributed by atoms with Crippen LogP contribution in [-0.2, 0) is 0 Å². The molecule has 20 heavy (non-hydrogen) atoms. The second-order valence-corrected chi connectivity index (χ2v) is 6.35. The van der Waals surface area contributed by atoms with Crippen molar-refractivity contribution >= 4 is 11.6 Å². The van der Waals surface area contributed by atoms with Crippen LogP contribution in [0.1, 0.15) is 45.7 Å². The normalized spacial score (nSPS) is 14.8. The maximum absolute atomic E-state index is 6.11. The molecule has 0 aromatic heterocycles. The summed E-state index contributed by atoms with van der Waals surface area (Å²) in [6, 6.07) is 9.08. The maximum atomic E-state index is 6.11. The van der Waals surface area contributed by atoms with Crippen molar-refractivity contribution in [3.63, 3.8) is 0 Å². The second kappa shape index (κ2) is 8.66. The topological polar surface area (TPSA) is 15.3 Å². The number of nitrogens with one attached hydrogen (secondary N) is 1. The molecule has 0 aliphatic carbocycles. The number of rotatable bonds is 8. The van der Waals surface area contributed by atoms with Crippen molar-refractivity contribution in [1.29, 1.82) is 0 Å². The summed E-state index contributed by atoms with van der Waals surface area (Å²) in [7, 11) is 2.21. The van der Waals surface area contributed by atoms with Gasteiger partial charge in [-0.15, -0.1) is 0 Å². The van der Waals surface area contributed by atoms with Crippen molar-refractivity contribution in [2.24, 2.45) is 5.92 Å². The minimum atomic E-state index is 0.365. The molecule has 2 atom stereocenters. The monoisotopic (exact) mass is 296 g/mol. The molecule has 0 fully saturated rings. The van der Waals surface area contributed by atoms with Crippen molar-refractivity contribution < 1.29 is 0 Å².